The molecule has 0 aromatic heterocycles. The third kappa shape index (κ3) is 3.22. The average Bonchev–Trinajstić information content (AvgIpc) is 2.88. The van der Waals surface area contributed by atoms with Crippen LogP contribution in [0.2, 0.25) is 0 Å². The van der Waals surface area contributed by atoms with Gasteiger partial charge in [0.25, 0.3) is 10.2 Å². The minimum Gasteiger partial charge on any atom is -0.488 e. The maximum atomic E-state index is 12.4. The predicted octanol–water partition coefficient (Wildman–Crippen LogP) is 1.70. The Bertz CT molecular complexity index is 578. The van der Waals surface area contributed by atoms with Crippen LogP contribution in [0, 0.1) is 0 Å². The lowest BCUT2D eigenvalue weighted by atomic mass is 10.1. The molecular formula is C15H22N2O3S. The van der Waals surface area contributed by atoms with E-state index in [9.17, 15) is 8.42 Å². The van der Waals surface area contributed by atoms with Crippen molar-refractivity contribution in [1.29, 1.82) is 0 Å². The van der Waals surface area contributed by atoms with Gasteiger partial charge in [-0.3, -0.25) is 0 Å². The van der Waals surface area contributed by atoms with Gasteiger partial charge < -0.3 is 4.74 Å². The third-order valence-corrected chi connectivity index (χ3v) is 5.95. The normalized spacial score (nSPS) is 26.3. The van der Waals surface area contributed by atoms with Crippen molar-refractivity contribution in [3.63, 3.8) is 0 Å². The van der Waals surface area contributed by atoms with Crippen molar-refractivity contribution in [2.24, 2.45) is 0 Å². The minimum absolute atomic E-state index is 0.0814. The molecule has 1 N–H and O–H groups in total. The number of fused-ring (bicyclic) bond motifs is 1. The lowest BCUT2D eigenvalue weighted by molar-refractivity contribution is 0.229. The van der Waals surface area contributed by atoms with Gasteiger partial charge in [-0.25, -0.2) is 0 Å². The summed E-state index contributed by atoms with van der Waals surface area (Å²) in [6.45, 7) is 2.91. The van der Waals surface area contributed by atoms with Gasteiger partial charge in [0.15, 0.2) is 0 Å². The van der Waals surface area contributed by atoms with Crippen molar-refractivity contribution < 1.29 is 13.2 Å². The summed E-state index contributed by atoms with van der Waals surface area (Å²) in [5.74, 6) is 0.869. The standard InChI is InChI=1S/C15H22N2O3S/c1-12-6-4-5-9-17(12)21(18,19)16-11-14-10-13-7-2-3-8-15(13)20-14/h2-3,7-8,12,14,16H,4-6,9-11H2,1H3/t12-,14+/m1/s1. The summed E-state index contributed by atoms with van der Waals surface area (Å²) in [5, 5.41) is 0. The second-order valence-electron chi connectivity index (χ2n) is 5.86. The van der Waals surface area contributed by atoms with Crippen LogP contribution in [0.1, 0.15) is 31.7 Å². The van der Waals surface area contributed by atoms with Gasteiger partial charge in [-0.15, -0.1) is 0 Å². The summed E-state index contributed by atoms with van der Waals surface area (Å²) in [6, 6.07) is 7.94. The number of hydrogen-bond acceptors (Lipinski definition) is 3. The molecule has 1 aromatic carbocycles. The molecule has 2 heterocycles. The molecule has 0 bridgehead atoms. The van der Waals surface area contributed by atoms with Crippen LogP contribution < -0.4 is 9.46 Å². The van der Waals surface area contributed by atoms with E-state index in [-0.39, 0.29) is 12.1 Å². The molecule has 2 aliphatic rings. The molecule has 1 aromatic rings. The highest BCUT2D eigenvalue weighted by Gasteiger charge is 2.31. The van der Waals surface area contributed by atoms with Gasteiger partial charge in [0.05, 0.1) is 0 Å². The van der Waals surface area contributed by atoms with Crippen LogP contribution in [0.3, 0.4) is 0 Å². The van der Waals surface area contributed by atoms with Gasteiger partial charge in [0.2, 0.25) is 0 Å². The minimum atomic E-state index is -3.40. The first kappa shape index (κ1) is 14.8. The van der Waals surface area contributed by atoms with E-state index in [1.165, 1.54) is 0 Å². The average molecular weight is 310 g/mol. The van der Waals surface area contributed by atoms with Crippen LogP contribution >= 0.6 is 0 Å². The molecular weight excluding hydrogens is 288 g/mol. The van der Waals surface area contributed by atoms with Crippen molar-refractivity contribution in [2.45, 2.75) is 44.8 Å². The molecule has 0 unspecified atom stereocenters. The van der Waals surface area contributed by atoms with E-state index in [1.807, 2.05) is 31.2 Å². The lowest BCUT2D eigenvalue weighted by Gasteiger charge is -2.32. The molecule has 3 rings (SSSR count). The van der Waals surface area contributed by atoms with Gasteiger partial charge in [-0.1, -0.05) is 24.6 Å². The summed E-state index contributed by atoms with van der Waals surface area (Å²) in [4.78, 5) is 0. The zero-order chi connectivity index (χ0) is 14.9. The Morgan fingerprint density at radius 2 is 2.14 bits per heavy atom. The van der Waals surface area contributed by atoms with Gasteiger partial charge >= 0.3 is 0 Å². The van der Waals surface area contributed by atoms with Crippen molar-refractivity contribution in [1.82, 2.24) is 9.03 Å². The highest BCUT2D eigenvalue weighted by atomic mass is 32.2. The summed E-state index contributed by atoms with van der Waals surface area (Å²) in [7, 11) is -3.40. The predicted molar refractivity (Wildman–Crippen MR) is 81.5 cm³/mol. The largest absolute Gasteiger partial charge is 0.488 e. The fourth-order valence-corrected chi connectivity index (χ4v) is 4.59. The lowest BCUT2D eigenvalue weighted by Crippen LogP contribution is -2.49. The van der Waals surface area contributed by atoms with Gasteiger partial charge in [-0.2, -0.15) is 17.4 Å². The van der Waals surface area contributed by atoms with Crippen molar-refractivity contribution >= 4 is 10.2 Å². The molecule has 21 heavy (non-hydrogen) atoms. The quantitative estimate of drug-likeness (QED) is 0.921. The molecule has 1 fully saturated rings. The van der Waals surface area contributed by atoms with Crippen LogP contribution in [0.4, 0.5) is 0 Å². The van der Waals surface area contributed by atoms with Crippen molar-refractivity contribution in [2.75, 3.05) is 13.1 Å². The maximum absolute atomic E-state index is 12.4. The fourth-order valence-electron chi connectivity index (χ4n) is 3.08. The number of nitrogens with zero attached hydrogens (tertiary/aromatic N) is 1. The highest BCUT2D eigenvalue weighted by molar-refractivity contribution is 7.87. The number of rotatable bonds is 4. The van der Waals surface area contributed by atoms with Crippen LogP contribution in [-0.2, 0) is 16.6 Å². The van der Waals surface area contributed by atoms with E-state index in [2.05, 4.69) is 4.72 Å². The van der Waals surface area contributed by atoms with Gasteiger partial charge in [0, 0.05) is 25.6 Å². The molecule has 1 saturated heterocycles. The second-order valence-corrected chi connectivity index (χ2v) is 7.57. The molecule has 0 saturated carbocycles. The molecule has 2 aliphatic heterocycles. The summed E-state index contributed by atoms with van der Waals surface area (Å²) in [5.41, 5.74) is 1.15. The zero-order valence-corrected chi connectivity index (χ0v) is 13.1. The van der Waals surface area contributed by atoms with Crippen LogP contribution in [0.15, 0.2) is 24.3 Å². The summed E-state index contributed by atoms with van der Waals surface area (Å²) in [6.07, 6.45) is 3.63. The molecule has 116 valence electrons. The van der Waals surface area contributed by atoms with Gasteiger partial charge in [0.1, 0.15) is 11.9 Å². The second kappa shape index (κ2) is 5.94. The molecule has 0 aliphatic carbocycles. The molecule has 2 atom stereocenters. The maximum Gasteiger partial charge on any atom is 0.279 e. The van der Waals surface area contributed by atoms with E-state index < -0.39 is 10.2 Å². The van der Waals surface area contributed by atoms with Crippen LogP contribution in [0.25, 0.3) is 0 Å². The number of para-hydroxylation sites is 1. The van der Waals surface area contributed by atoms with Crippen LogP contribution in [-0.4, -0.2) is 38.0 Å². The molecule has 6 heteroatoms. The Hall–Kier alpha value is -1.11. The fraction of sp³-hybridized carbons (Fsp3) is 0.600. The summed E-state index contributed by atoms with van der Waals surface area (Å²) < 4.78 is 34.8. The molecule has 0 spiro atoms. The summed E-state index contributed by atoms with van der Waals surface area (Å²) >= 11 is 0. The van der Waals surface area contributed by atoms with E-state index in [4.69, 9.17) is 4.74 Å². The molecule has 0 amide bonds. The number of benzene rings is 1. The smallest absolute Gasteiger partial charge is 0.279 e. The van der Waals surface area contributed by atoms with Crippen molar-refractivity contribution in [3.05, 3.63) is 29.8 Å². The number of nitrogens with one attached hydrogen (secondary N) is 1. The first-order valence-electron chi connectivity index (χ1n) is 7.57. The van der Waals surface area contributed by atoms with E-state index in [0.717, 1.165) is 37.0 Å². The molecule has 0 radical (unpaired) electrons. The number of hydrogen-bond donors (Lipinski definition) is 1. The first-order valence-corrected chi connectivity index (χ1v) is 9.01. The Morgan fingerprint density at radius 3 is 2.90 bits per heavy atom. The third-order valence-electron chi connectivity index (χ3n) is 4.26. The number of ether oxygens (including phenoxy) is 1. The van der Waals surface area contributed by atoms with E-state index in [1.54, 1.807) is 4.31 Å². The highest BCUT2D eigenvalue weighted by Crippen LogP contribution is 2.28. The Balaban J connectivity index is 1.58. The number of piperidine rings is 1. The Morgan fingerprint density at radius 1 is 1.33 bits per heavy atom. The zero-order valence-electron chi connectivity index (χ0n) is 12.3. The van der Waals surface area contributed by atoms with E-state index >= 15 is 0 Å². The van der Waals surface area contributed by atoms with Crippen LogP contribution in [0.5, 0.6) is 5.75 Å². The van der Waals surface area contributed by atoms with Crippen molar-refractivity contribution in [3.8, 4) is 5.75 Å². The van der Waals surface area contributed by atoms with Gasteiger partial charge in [-0.05, 0) is 31.4 Å². The molecule has 5 nitrogen and oxygen atoms in total. The van der Waals surface area contributed by atoms with E-state index in [0.29, 0.717) is 13.1 Å². The Kier molecular flexibility index (Phi) is 4.19. The monoisotopic (exact) mass is 310 g/mol. The first-order chi connectivity index (χ1) is 10.1. The topological polar surface area (TPSA) is 58.6 Å². The Labute approximate surface area is 126 Å². The SMILES string of the molecule is C[C@@H]1CCCCN1S(=O)(=O)NC[C@@H]1Cc2ccccc2O1.